The van der Waals surface area contributed by atoms with E-state index in [1.165, 1.54) is 0 Å². The van der Waals surface area contributed by atoms with Gasteiger partial charge in [0, 0.05) is 23.5 Å². The zero-order valence-electron chi connectivity index (χ0n) is 17.1. The molecule has 0 aromatic heterocycles. The van der Waals surface area contributed by atoms with Crippen LogP contribution in [-0.2, 0) is 14.4 Å². The molecule has 4 rings (SSSR count). The normalized spacial score (nSPS) is 28.9. The first kappa shape index (κ1) is 20.7. The molecule has 2 aliphatic heterocycles. The molecular formula is C21H26N4O4S. The van der Waals surface area contributed by atoms with Crippen LogP contribution >= 0.6 is 11.8 Å². The number of nitrogens with one attached hydrogen (secondary N) is 2. The van der Waals surface area contributed by atoms with Gasteiger partial charge in [-0.2, -0.15) is 5.01 Å². The Morgan fingerprint density at radius 1 is 1.23 bits per heavy atom. The summed E-state index contributed by atoms with van der Waals surface area (Å²) < 4.78 is 0. The molecule has 160 valence electrons. The molecule has 3 aliphatic rings. The first-order valence-electron chi connectivity index (χ1n) is 10.2. The van der Waals surface area contributed by atoms with E-state index in [9.17, 15) is 19.2 Å². The van der Waals surface area contributed by atoms with Crippen LogP contribution in [0.3, 0.4) is 0 Å². The number of nitrogens with zero attached hydrogens (tertiary/aromatic N) is 2. The second-order valence-corrected chi connectivity index (χ2v) is 9.30. The van der Waals surface area contributed by atoms with Crippen molar-refractivity contribution in [3.8, 4) is 0 Å². The van der Waals surface area contributed by atoms with Gasteiger partial charge in [0.25, 0.3) is 5.91 Å². The van der Waals surface area contributed by atoms with E-state index in [1.54, 1.807) is 16.7 Å². The van der Waals surface area contributed by atoms with Crippen LogP contribution in [-0.4, -0.2) is 47.1 Å². The Labute approximate surface area is 179 Å². The van der Waals surface area contributed by atoms with E-state index >= 15 is 0 Å². The van der Waals surface area contributed by atoms with E-state index < -0.39 is 29.3 Å². The van der Waals surface area contributed by atoms with Gasteiger partial charge in [-0.1, -0.05) is 13.0 Å². The van der Waals surface area contributed by atoms with Crippen LogP contribution in [0.15, 0.2) is 29.2 Å². The smallest absolute Gasteiger partial charge is 0.322 e. The third-order valence-electron chi connectivity index (χ3n) is 6.37. The maximum absolute atomic E-state index is 12.9. The summed E-state index contributed by atoms with van der Waals surface area (Å²) in [5.74, 6) is -1.15. The number of thioether (sulfide) groups is 1. The highest BCUT2D eigenvalue weighted by molar-refractivity contribution is 7.98. The molecule has 30 heavy (non-hydrogen) atoms. The van der Waals surface area contributed by atoms with E-state index in [-0.39, 0.29) is 18.9 Å². The van der Waals surface area contributed by atoms with Crippen LogP contribution in [0.2, 0.25) is 0 Å². The van der Waals surface area contributed by atoms with Crippen LogP contribution in [0.1, 0.15) is 39.0 Å². The molecule has 2 heterocycles. The third kappa shape index (κ3) is 3.66. The molecule has 1 saturated carbocycles. The first-order valence-corrected chi connectivity index (χ1v) is 11.5. The van der Waals surface area contributed by atoms with Gasteiger partial charge in [-0.15, -0.1) is 11.8 Å². The number of hydrogen-bond donors (Lipinski definition) is 2. The summed E-state index contributed by atoms with van der Waals surface area (Å²) in [7, 11) is 0. The van der Waals surface area contributed by atoms with E-state index in [0.29, 0.717) is 18.8 Å². The number of hydrazine groups is 1. The van der Waals surface area contributed by atoms with Crippen molar-refractivity contribution in [1.29, 1.82) is 0 Å². The zero-order chi connectivity index (χ0) is 21.5. The molecule has 2 saturated heterocycles. The number of rotatable bonds is 4. The molecular weight excluding hydrogens is 404 g/mol. The molecule has 1 spiro atoms. The van der Waals surface area contributed by atoms with Crippen molar-refractivity contribution in [3.63, 3.8) is 0 Å². The first-order chi connectivity index (χ1) is 14.3. The van der Waals surface area contributed by atoms with Gasteiger partial charge >= 0.3 is 6.03 Å². The topological polar surface area (TPSA) is 98.8 Å². The molecule has 8 nitrogen and oxygen atoms in total. The molecule has 0 bridgehead atoms. The van der Waals surface area contributed by atoms with E-state index in [0.717, 1.165) is 28.4 Å². The van der Waals surface area contributed by atoms with Gasteiger partial charge in [0.15, 0.2) is 0 Å². The van der Waals surface area contributed by atoms with Gasteiger partial charge in [-0.25, -0.2) is 4.79 Å². The van der Waals surface area contributed by atoms with Gasteiger partial charge < -0.3 is 10.2 Å². The Morgan fingerprint density at radius 2 is 1.97 bits per heavy atom. The van der Waals surface area contributed by atoms with Crippen molar-refractivity contribution in [2.75, 3.05) is 17.7 Å². The Balaban J connectivity index is 1.42. The van der Waals surface area contributed by atoms with Crippen molar-refractivity contribution in [2.45, 2.75) is 49.5 Å². The van der Waals surface area contributed by atoms with Gasteiger partial charge in [0.05, 0.1) is 5.92 Å². The maximum Gasteiger partial charge on any atom is 0.344 e. The molecule has 5 amide bonds. The Kier molecular flexibility index (Phi) is 5.48. The van der Waals surface area contributed by atoms with Crippen LogP contribution < -0.4 is 15.6 Å². The maximum atomic E-state index is 12.9. The zero-order valence-corrected chi connectivity index (χ0v) is 18.0. The van der Waals surface area contributed by atoms with Crippen molar-refractivity contribution in [1.82, 2.24) is 15.8 Å². The van der Waals surface area contributed by atoms with E-state index in [4.69, 9.17) is 0 Å². The minimum Gasteiger partial charge on any atom is -0.322 e. The number of anilines is 1. The standard InChI is InChI=1S/C21H26N4O4S/c1-13-6-8-21(9-7-13)19(28)25(20(29)22-21)23-18(27)14-10-17(26)24(12-14)15-4-3-5-16(11-15)30-2/h3-5,11,13-14H,6-10,12H2,1-2H3,(H,22,29)(H,23,27). The van der Waals surface area contributed by atoms with Crippen molar-refractivity contribution >= 4 is 41.2 Å². The van der Waals surface area contributed by atoms with Crippen molar-refractivity contribution < 1.29 is 19.2 Å². The third-order valence-corrected chi connectivity index (χ3v) is 7.10. The van der Waals surface area contributed by atoms with Crippen LogP contribution in [0.4, 0.5) is 10.5 Å². The summed E-state index contributed by atoms with van der Waals surface area (Å²) >= 11 is 1.58. The number of imide groups is 1. The van der Waals surface area contributed by atoms with Crippen LogP contribution in [0.5, 0.6) is 0 Å². The summed E-state index contributed by atoms with van der Waals surface area (Å²) in [4.78, 5) is 53.2. The van der Waals surface area contributed by atoms with Crippen LogP contribution in [0, 0.1) is 11.8 Å². The molecule has 1 aromatic rings. The number of carbonyl (C=O) groups excluding carboxylic acids is 4. The molecule has 9 heteroatoms. The predicted octanol–water partition coefficient (Wildman–Crippen LogP) is 2.29. The Morgan fingerprint density at radius 3 is 2.67 bits per heavy atom. The lowest BCUT2D eigenvalue weighted by molar-refractivity contribution is -0.141. The fourth-order valence-corrected chi connectivity index (χ4v) is 4.88. The largest absolute Gasteiger partial charge is 0.344 e. The van der Waals surface area contributed by atoms with Gasteiger partial charge in [-0.3, -0.25) is 19.8 Å². The van der Waals surface area contributed by atoms with Gasteiger partial charge in [0.2, 0.25) is 11.8 Å². The van der Waals surface area contributed by atoms with Gasteiger partial charge in [0.1, 0.15) is 5.54 Å². The monoisotopic (exact) mass is 430 g/mol. The summed E-state index contributed by atoms with van der Waals surface area (Å²) in [5, 5.41) is 3.59. The minimum absolute atomic E-state index is 0.0433. The number of hydrogen-bond acceptors (Lipinski definition) is 5. The lowest BCUT2D eigenvalue weighted by atomic mass is 9.77. The molecule has 0 radical (unpaired) electrons. The fourth-order valence-electron chi connectivity index (χ4n) is 4.43. The summed E-state index contributed by atoms with van der Waals surface area (Å²) in [6.45, 7) is 2.35. The minimum atomic E-state index is -0.910. The van der Waals surface area contributed by atoms with E-state index in [1.807, 2.05) is 30.5 Å². The lowest BCUT2D eigenvalue weighted by Crippen LogP contribution is -2.52. The molecule has 1 aromatic carbocycles. The molecule has 3 fully saturated rings. The highest BCUT2D eigenvalue weighted by atomic mass is 32.2. The number of benzene rings is 1. The second kappa shape index (κ2) is 7.94. The highest BCUT2D eigenvalue weighted by Crippen LogP contribution is 2.36. The lowest BCUT2D eigenvalue weighted by Gasteiger charge is -2.33. The number of urea groups is 1. The molecule has 1 unspecified atom stereocenters. The SMILES string of the molecule is CSc1cccc(N2CC(C(=O)NN3C(=O)NC4(CCC(C)CC4)C3=O)CC2=O)c1. The second-order valence-electron chi connectivity index (χ2n) is 8.42. The molecule has 2 N–H and O–H groups in total. The Bertz CT molecular complexity index is 897. The fraction of sp³-hybridized carbons (Fsp3) is 0.524. The molecule has 1 aliphatic carbocycles. The Hall–Kier alpha value is -2.55. The predicted molar refractivity (Wildman–Crippen MR) is 113 cm³/mol. The highest BCUT2D eigenvalue weighted by Gasteiger charge is 2.53. The van der Waals surface area contributed by atoms with Crippen molar-refractivity contribution in [2.24, 2.45) is 11.8 Å². The summed E-state index contributed by atoms with van der Waals surface area (Å²) in [6.07, 6.45) is 4.86. The van der Waals surface area contributed by atoms with Crippen molar-refractivity contribution in [3.05, 3.63) is 24.3 Å². The summed E-state index contributed by atoms with van der Waals surface area (Å²) in [5.41, 5.74) is 2.30. The summed E-state index contributed by atoms with van der Waals surface area (Å²) in [6, 6.07) is 6.98. The average molecular weight is 431 g/mol. The van der Waals surface area contributed by atoms with Gasteiger partial charge in [-0.05, 0) is 56.1 Å². The number of carbonyl (C=O) groups is 4. The molecule has 1 atom stereocenters. The van der Waals surface area contributed by atoms with Crippen LogP contribution in [0.25, 0.3) is 0 Å². The average Bonchev–Trinajstić information content (AvgIpc) is 3.24. The number of amides is 5. The van der Waals surface area contributed by atoms with E-state index in [2.05, 4.69) is 17.7 Å². The quantitative estimate of drug-likeness (QED) is 0.564.